The molecule has 1 aromatic rings. The highest BCUT2D eigenvalue weighted by Crippen LogP contribution is 2.25. The van der Waals surface area contributed by atoms with Crippen LogP contribution in [0.3, 0.4) is 0 Å². The normalized spacial score (nSPS) is 11.7. The van der Waals surface area contributed by atoms with Crippen LogP contribution in [-0.2, 0) is 4.79 Å². The number of halogens is 1. The molecule has 18 heavy (non-hydrogen) atoms. The summed E-state index contributed by atoms with van der Waals surface area (Å²) in [4.78, 5) is 21.6. The van der Waals surface area contributed by atoms with E-state index >= 15 is 0 Å². The highest BCUT2D eigenvalue weighted by atomic mass is 35.5. The molecule has 5 nitrogen and oxygen atoms in total. The van der Waals surface area contributed by atoms with Gasteiger partial charge in [0.15, 0.2) is 0 Å². The monoisotopic (exact) mass is 271 g/mol. The minimum Gasteiger partial charge on any atom is -0.490 e. The predicted octanol–water partition coefficient (Wildman–Crippen LogP) is 1.94. The van der Waals surface area contributed by atoms with Gasteiger partial charge >= 0.3 is 5.97 Å². The fourth-order valence-corrected chi connectivity index (χ4v) is 1.52. The molecule has 0 aliphatic heterocycles. The summed E-state index contributed by atoms with van der Waals surface area (Å²) in [5, 5.41) is 11.8. The Labute approximate surface area is 110 Å². The summed E-state index contributed by atoms with van der Waals surface area (Å²) in [7, 11) is 0. The average molecular weight is 272 g/mol. The van der Waals surface area contributed by atoms with Gasteiger partial charge in [-0.05, 0) is 25.1 Å². The number of benzene rings is 1. The van der Waals surface area contributed by atoms with Crippen LogP contribution in [0.15, 0.2) is 18.2 Å². The quantitative estimate of drug-likeness (QED) is 0.858. The van der Waals surface area contributed by atoms with Crippen LogP contribution in [0.5, 0.6) is 5.75 Å². The Kier molecular flexibility index (Phi) is 4.97. The standard InChI is InChI=1S/C12H14ClNO4/c1-7(14-8(2)15)6-18-11-5-9(12(16)17)3-4-10(11)13/h3-5,7H,6H2,1-2H3,(H,14,15)(H,16,17). The van der Waals surface area contributed by atoms with Crippen LogP contribution in [0.25, 0.3) is 0 Å². The van der Waals surface area contributed by atoms with Gasteiger partial charge in [0, 0.05) is 6.92 Å². The lowest BCUT2D eigenvalue weighted by Gasteiger charge is -2.14. The summed E-state index contributed by atoms with van der Waals surface area (Å²) in [6.07, 6.45) is 0. The van der Waals surface area contributed by atoms with E-state index in [1.54, 1.807) is 6.92 Å². The molecule has 0 spiro atoms. The van der Waals surface area contributed by atoms with Crippen molar-refractivity contribution in [1.82, 2.24) is 5.32 Å². The van der Waals surface area contributed by atoms with Gasteiger partial charge in [0.25, 0.3) is 0 Å². The van der Waals surface area contributed by atoms with Gasteiger partial charge in [0.2, 0.25) is 5.91 Å². The smallest absolute Gasteiger partial charge is 0.335 e. The first-order chi connectivity index (χ1) is 8.40. The van der Waals surface area contributed by atoms with E-state index in [4.69, 9.17) is 21.4 Å². The zero-order valence-corrected chi connectivity index (χ0v) is 10.8. The fourth-order valence-electron chi connectivity index (χ4n) is 1.35. The Morgan fingerprint density at radius 2 is 2.17 bits per heavy atom. The molecule has 1 aromatic carbocycles. The second-order valence-electron chi connectivity index (χ2n) is 3.86. The third-order valence-electron chi connectivity index (χ3n) is 2.12. The van der Waals surface area contributed by atoms with Gasteiger partial charge in [-0.25, -0.2) is 4.79 Å². The lowest BCUT2D eigenvalue weighted by Crippen LogP contribution is -2.35. The molecule has 1 atom stereocenters. The summed E-state index contributed by atoms with van der Waals surface area (Å²) < 4.78 is 5.38. The number of nitrogens with one attached hydrogen (secondary N) is 1. The number of hydrogen-bond donors (Lipinski definition) is 2. The van der Waals surface area contributed by atoms with Crippen molar-refractivity contribution in [2.24, 2.45) is 0 Å². The lowest BCUT2D eigenvalue weighted by molar-refractivity contribution is -0.119. The predicted molar refractivity (Wildman–Crippen MR) is 67.2 cm³/mol. The van der Waals surface area contributed by atoms with Crippen LogP contribution < -0.4 is 10.1 Å². The summed E-state index contributed by atoms with van der Waals surface area (Å²) in [6, 6.07) is 4.02. The molecule has 1 unspecified atom stereocenters. The molecule has 0 radical (unpaired) electrons. The largest absolute Gasteiger partial charge is 0.490 e. The van der Waals surface area contributed by atoms with Crippen molar-refractivity contribution in [3.8, 4) is 5.75 Å². The summed E-state index contributed by atoms with van der Waals surface area (Å²) in [6.45, 7) is 3.40. The van der Waals surface area contributed by atoms with Crippen molar-refractivity contribution in [3.63, 3.8) is 0 Å². The highest BCUT2D eigenvalue weighted by molar-refractivity contribution is 6.32. The van der Waals surface area contributed by atoms with E-state index in [0.717, 1.165) is 0 Å². The Morgan fingerprint density at radius 3 is 2.72 bits per heavy atom. The Bertz CT molecular complexity index is 461. The van der Waals surface area contributed by atoms with E-state index in [0.29, 0.717) is 5.02 Å². The van der Waals surface area contributed by atoms with Gasteiger partial charge in [-0.15, -0.1) is 0 Å². The number of carbonyl (C=O) groups is 2. The van der Waals surface area contributed by atoms with Gasteiger partial charge in [0.05, 0.1) is 16.6 Å². The molecule has 0 saturated carbocycles. The van der Waals surface area contributed by atoms with Gasteiger partial charge in [-0.2, -0.15) is 0 Å². The summed E-state index contributed by atoms with van der Waals surface area (Å²) in [5.41, 5.74) is 0.0987. The summed E-state index contributed by atoms with van der Waals surface area (Å²) in [5.74, 6) is -0.920. The average Bonchev–Trinajstić information content (AvgIpc) is 2.26. The first-order valence-corrected chi connectivity index (χ1v) is 5.70. The van der Waals surface area contributed by atoms with Crippen LogP contribution in [0.1, 0.15) is 24.2 Å². The van der Waals surface area contributed by atoms with E-state index in [1.807, 2.05) is 0 Å². The van der Waals surface area contributed by atoms with E-state index in [2.05, 4.69) is 5.32 Å². The van der Waals surface area contributed by atoms with Crippen molar-refractivity contribution in [1.29, 1.82) is 0 Å². The minimum atomic E-state index is -1.05. The molecule has 2 N–H and O–H groups in total. The molecule has 0 aliphatic rings. The number of hydrogen-bond acceptors (Lipinski definition) is 3. The molecular formula is C12H14ClNO4. The van der Waals surface area contributed by atoms with Crippen molar-refractivity contribution >= 4 is 23.5 Å². The first-order valence-electron chi connectivity index (χ1n) is 5.33. The molecule has 0 fully saturated rings. The number of carboxylic acids is 1. The van der Waals surface area contributed by atoms with Crippen LogP contribution >= 0.6 is 11.6 Å². The maximum atomic E-state index is 10.8. The molecule has 0 aromatic heterocycles. The van der Waals surface area contributed by atoms with Crippen LogP contribution in [0.2, 0.25) is 5.02 Å². The molecule has 1 rings (SSSR count). The van der Waals surface area contributed by atoms with E-state index in [-0.39, 0.29) is 29.9 Å². The molecule has 98 valence electrons. The number of carboxylic acid groups (broad SMARTS) is 1. The number of aromatic carboxylic acids is 1. The van der Waals surface area contributed by atoms with Crippen molar-refractivity contribution in [2.45, 2.75) is 19.9 Å². The molecular weight excluding hydrogens is 258 g/mol. The second kappa shape index (κ2) is 6.26. The zero-order chi connectivity index (χ0) is 13.7. The maximum Gasteiger partial charge on any atom is 0.335 e. The minimum absolute atomic E-state index is 0.0987. The van der Waals surface area contributed by atoms with Crippen molar-refractivity contribution < 1.29 is 19.4 Å². The Balaban J connectivity index is 2.69. The second-order valence-corrected chi connectivity index (χ2v) is 4.27. The highest BCUT2D eigenvalue weighted by Gasteiger charge is 2.10. The third kappa shape index (κ3) is 4.25. The fraction of sp³-hybridized carbons (Fsp3) is 0.333. The van der Waals surface area contributed by atoms with E-state index < -0.39 is 5.97 Å². The molecule has 0 aliphatic carbocycles. The van der Waals surface area contributed by atoms with E-state index in [9.17, 15) is 9.59 Å². The number of amides is 1. The Hall–Kier alpha value is -1.75. The SMILES string of the molecule is CC(=O)NC(C)COc1cc(C(=O)O)ccc1Cl. The molecule has 6 heteroatoms. The van der Waals surface area contributed by atoms with Crippen LogP contribution in [-0.4, -0.2) is 29.6 Å². The van der Waals surface area contributed by atoms with Gasteiger partial charge in [0.1, 0.15) is 12.4 Å². The van der Waals surface area contributed by atoms with Crippen LogP contribution in [0, 0.1) is 0 Å². The van der Waals surface area contributed by atoms with Gasteiger partial charge in [-0.1, -0.05) is 11.6 Å². The number of rotatable bonds is 5. The maximum absolute atomic E-state index is 10.8. The number of ether oxygens (including phenoxy) is 1. The lowest BCUT2D eigenvalue weighted by atomic mass is 10.2. The Morgan fingerprint density at radius 1 is 1.50 bits per heavy atom. The van der Waals surface area contributed by atoms with Crippen molar-refractivity contribution in [3.05, 3.63) is 28.8 Å². The topological polar surface area (TPSA) is 75.6 Å². The van der Waals surface area contributed by atoms with Gasteiger partial charge < -0.3 is 15.2 Å². The third-order valence-corrected chi connectivity index (χ3v) is 2.43. The number of carbonyl (C=O) groups excluding carboxylic acids is 1. The molecule has 0 bridgehead atoms. The first kappa shape index (κ1) is 14.3. The molecule has 0 saturated heterocycles. The zero-order valence-electron chi connectivity index (χ0n) is 10.1. The molecule has 0 heterocycles. The summed E-state index contributed by atoms with van der Waals surface area (Å²) >= 11 is 5.88. The van der Waals surface area contributed by atoms with Crippen LogP contribution in [0.4, 0.5) is 0 Å². The van der Waals surface area contributed by atoms with E-state index in [1.165, 1.54) is 25.1 Å². The molecule has 1 amide bonds. The van der Waals surface area contributed by atoms with Crippen molar-refractivity contribution in [2.75, 3.05) is 6.61 Å². The van der Waals surface area contributed by atoms with Gasteiger partial charge in [-0.3, -0.25) is 4.79 Å².